The summed E-state index contributed by atoms with van der Waals surface area (Å²) in [6.07, 6.45) is 58.6. The van der Waals surface area contributed by atoms with Gasteiger partial charge in [-0.2, -0.15) is 0 Å². The van der Waals surface area contributed by atoms with Crippen LogP contribution in [0.25, 0.3) is 11.1 Å². The van der Waals surface area contributed by atoms with Crippen LogP contribution >= 0.6 is 0 Å². The molecule has 0 unspecified atom stereocenters. The Morgan fingerprint density at radius 3 is 0.926 bits per heavy atom. The largest absolute Gasteiger partial charge is 0.348 e. The van der Waals surface area contributed by atoms with E-state index in [1.165, 1.54) is 263 Å². The van der Waals surface area contributed by atoms with Crippen molar-refractivity contribution in [1.29, 1.82) is 0 Å². The normalized spacial score (nSPS) is 11.8. The zero-order chi connectivity index (χ0) is 49.0. The molecule has 0 spiro atoms. The molecule has 0 saturated heterocycles. The van der Waals surface area contributed by atoms with Crippen molar-refractivity contribution in [2.45, 2.75) is 324 Å². The number of benzene rings is 2. The maximum atomic E-state index is 10.0. The number of unbranched alkanes of at least 4 members (excludes halogenated alkanes) is 34. The van der Waals surface area contributed by atoms with Gasteiger partial charge in [-0.25, -0.2) is 0 Å². The Morgan fingerprint density at radius 2 is 0.618 bits per heavy atom. The first-order chi connectivity index (χ1) is 33.5. The zero-order valence-corrected chi connectivity index (χ0v) is 46.5. The predicted octanol–water partition coefficient (Wildman–Crippen LogP) is 22.2. The van der Waals surface area contributed by atoms with Gasteiger partial charge in [-0.3, -0.25) is 0 Å². The Morgan fingerprint density at radius 1 is 0.338 bits per heavy atom. The number of hydrogen-bond acceptors (Lipinski definition) is 0. The molecule has 2 nitrogen and oxygen atoms in total. The Kier molecular flexibility index (Phi) is 40.0. The average molecular weight is 934 g/mol. The van der Waals surface area contributed by atoms with E-state index in [0.29, 0.717) is 0 Å². The molecule has 0 bridgehead atoms. The molecular formula is C66H112N2. The highest BCUT2D eigenvalue weighted by Crippen LogP contribution is 2.37. The summed E-state index contributed by atoms with van der Waals surface area (Å²) < 4.78 is 0. The molecule has 0 heterocycles. The second kappa shape index (κ2) is 44.3. The van der Waals surface area contributed by atoms with Gasteiger partial charge in [-0.1, -0.05) is 296 Å². The Labute approximate surface area is 424 Å². The third-order valence-electron chi connectivity index (χ3n) is 15.0. The van der Waals surface area contributed by atoms with Gasteiger partial charge in [0.1, 0.15) is 0 Å². The first-order valence-electron chi connectivity index (χ1n) is 30.5. The summed E-state index contributed by atoms with van der Waals surface area (Å²) in [7, 11) is 0. The molecule has 0 aromatic heterocycles. The minimum Gasteiger partial charge on any atom is -0.348 e. The zero-order valence-electron chi connectivity index (χ0n) is 46.5. The molecule has 0 radical (unpaired) electrons. The number of aryl methyl sites for hydroxylation is 4. The van der Waals surface area contributed by atoms with E-state index < -0.39 is 0 Å². The molecule has 2 aromatic rings. The minimum absolute atomic E-state index is 0.891. The minimum atomic E-state index is 0.891. The molecule has 0 amide bonds. The van der Waals surface area contributed by atoms with Crippen LogP contribution < -0.4 is 0 Å². The summed E-state index contributed by atoms with van der Waals surface area (Å²) >= 11 is 0. The second-order valence-electron chi connectivity index (χ2n) is 21.3. The monoisotopic (exact) mass is 933 g/mol. The van der Waals surface area contributed by atoms with Gasteiger partial charge in [0.25, 0.3) is 0 Å². The molecule has 68 heavy (non-hydrogen) atoms. The van der Waals surface area contributed by atoms with Gasteiger partial charge in [-0.05, 0) is 109 Å². The van der Waals surface area contributed by atoms with Gasteiger partial charge < -0.3 is 5.53 Å². The third kappa shape index (κ3) is 30.2. The van der Waals surface area contributed by atoms with E-state index in [1.54, 1.807) is 0 Å². The molecule has 0 aliphatic carbocycles. The highest BCUT2D eigenvalue weighted by atomic mass is 14.8. The quantitative estimate of drug-likeness (QED) is 0.0208. The van der Waals surface area contributed by atoms with Gasteiger partial charge >= 0.3 is 5.87 Å². The summed E-state index contributed by atoms with van der Waals surface area (Å²) in [6, 6.07) is 15.0. The van der Waals surface area contributed by atoms with Crippen LogP contribution in [0.2, 0.25) is 0 Å². The summed E-state index contributed by atoms with van der Waals surface area (Å²) in [4.78, 5) is 3.59. The molecule has 386 valence electrons. The fraction of sp³-hybridized carbons (Fsp3) is 0.758. The van der Waals surface area contributed by atoms with E-state index in [-0.39, 0.29) is 0 Å². The first kappa shape index (κ1) is 61.5. The van der Waals surface area contributed by atoms with Crippen molar-refractivity contribution in [3.8, 4) is 0 Å². The first-order valence-corrected chi connectivity index (χ1v) is 30.5. The lowest BCUT2D eigenvalue weighted by molar-refractivity contribution is 0.00739. The van der Waals surface area contributed by atoms with Crippen LogP contribution in [-0.4, -0.2) is 10.7 Å². The molecule has 0 N–H and O–H groups in total. The third-order valence-corrected chi connectivity index (χ3v) is 15.0. The predicted molar refractivity (Wildman–Crippen MR) is 305 cm³/mol. The van der Waals surface area contributed by atoms with Crippen LogP contribution in [0.5, 0.6) is 0 Å². The SMILES string of the molecule is CCCCCCCCCCCCCCCCCCCc1cc(CCCCCCCCCCCCCCCCCCC)cc(C(=C(CCCC)C(=C=[N+]=[N-])CCCC)c2cc(CC)cc(CC)c2)c1. The Balaban J connectivity index is 2.15. The molecule has 2 aromatic carbocycles. The molecule has 0 atom stereocenters. The fourth-order valence-corrected chi connectivity index (χ4v) is 10.6. The summed E-state index contributed by atoms with van der Waals surface area (Å²) in [5.74, 6) is 3.15. The topological polar surface area (TPSA) is 36.4 Å². The van der Waals surface area contributed by atoms with Gasteiger partial charge in [0, 0.05) is 0 Å². The molecule has 2 rings (SSSR count). The van der Waals surface area contributed by atoms with E-state index in [1.807, 2.05) is 0 Å². The maximum Gasteiger partial charge on any atom is 0.303 e. The number of rotatable bonds is 47. The Hall–Kier alpha value is -2.66. The van der Waals surface area contributed by atoms with Crippen LogP contribution in [0.3, 0.4) is 0 Å². The van der Waals surface area contributed by atoms with Crippen LogP contribution in [0.1, 0.15) is 332 Å². The summed E-state index contributed by atoms with van der Waals surface area (Å²) in [5, 5.41) is 0. The standard InChI is InChI=1S/C66H112N2/c1-7-13-17-19-21-23-25-27-29-31-33-35-37-39-41-43-45-47-60-52-61(48-46-44-42-40-38-36-34-32-30-28-26-24-22-20-18-14-8-2)56-64(55-60)66(63-53-58(11-5)51-59(12-6)54-63)65(50-16-10-4)62(57-68-67)49-15-9-3/h51-56H,7-50H2,1-6H3. The van der Waals surface area contributed by atoms with Crippen molar-refractivity contribution in [2.75, 3.05) is 0 Å². The van der Waals surface area contributed by atoms with Crippen molar-refractivity contribution in [1.82, 2.24) is 0 Å². The highest BCUT2D eigenvalue weighted by molar-refractivity contribution is 5.87. The fourth-order valence-electron chi connectivity index (χ4n) is 10.6. The van der Waals surface area contributed by atoms with Gasteiger partial charge in [0.05, 0.1) is 5.57 Å². The van der Waals surface area contributed by atoms with Crippen LogP contribution in [0, 0.1) is 0 Å². The number of allylic oxidation sites excluding steroid dienone is 2. The van der Waals surface area contributed by atoms with E-state index in [2.05, 4.69) is 88.6 Å². The van der Waals surface area contributed by atoms with E-state index in [0.717, 1.165) is 69.8 Å². The van der Waals surface area contributed by atoms with Gasteiger partial charge in [0.15, 0.2) is 0 Å². The lowest BCUT2D eigenvalue weighted by Gasteiger charge is -2.20. The van der Waals surface area contributed by atoms with Gasteiger partial charge in [-0.15, -0.1) is 4.79 Å². The van der Waals surface area contributed by atoms with Crippen molar-refractivity contribution in [3.63, 3.8) is 0 Å². The van der Waals surface area contributed by atoms with Crippen molar-refractivity contribution in [2.24, 2.45) is 0 Å². The molecule has 2 heteroatoms. The molecule has 0 aliphatic heterocycles. The highest BCUT2D eigenvalue weighted by Gasteiger charge is 2.20. The van der Waals surface area contributed by atoms with Crippen molar-refractivity contribution >= 4 is 11.4 Å². The van der Waals surface area contributed by atoms with Crippen molar-refractivity contribution < 1.29 is 4.79 Å². The smallest absolute Gasteiger partial charge is 0.303 e. The van der Waals surface area contributed by atoms with Crippen LogP contribution in [0.15, 0.2) is 47.5 Å². The summed E-state index contributed by atoms with van der Waals surface area (Å²) in [5.41, 5.74) is 22.3. The van der Waals surface area contributed by atoms with Gasteiger partial charge in [0.2, 0.25) is 0 Å². The average Bonchev–Trinajstić information content (AvgIpc) is 3.35. The molecule has 0 aliphatic rings. The summed E-state index contributed by atoms with van der Waals surface area (Å²) in [6.45, 7) is 13.8. The van der Waals surface area contributed by atoms with Crippen LogP contribution in [-0.2, 0) is 25.7 Å². The second-order valence-corrected chi connectivity index (χ2v) is 21.3. The lowest BCUT2D eigenvalue weighted by Crippen LogP contribution is -2.04. The lowest BCUT2D eigenvalue weighted by atomic mass is 9.83. The molecular weight excluding hydrogens is 821 g/mol. The Bertz CT molecular complexity index is 1540. The van der Waals surface area contributed by atoms with E-state index in [9.17, 15) is 5.53 Å². The maximum absolute atomic E-state index is 10.0. The van der Waals surface area contributed by atoms with E-state index in [4.69, 9.17) is 0 Å². The van der Waals surface area contributed by atoms with Crippen molar-refractivity contribution in [3.05, 3.63) is 86.5 Å². The molecule has 0 saturated carbocycles. The van der Waals surface area contributed by atoms with Crippen LogP contribution in [0.4, 0.5) is 0 Å². The van der Waals surface area contributed by atoms with E-state index >= 15 is 0 Å². The number of nitrogens with zero attached hydrogens (tertiary/aromatic N) is 2. The number of hydrogen-bond donors (Lipinski definition) is 0. The molecule has 0 fully saturated rings.